The van der Waals surface area contributed by atoms with Gasteiger partial charge in [-0.2, -0.15) is 4.98 Å². The Hall–Kier alpha value is -1.91. The van der Waals surface area contributed by atoms with E-state index in [1.54, 1.807) is 19.2 Å². The first-order valence-electron chi connectivity index (χ1n) is 5.32. The van der Waals surface area contributed by atoms with Crippen LogP contribution in [-0.4, -0.2) is 17.2 Å². The maximum atomic E-state index is 12.9. The zero-order valence-corrected chi connectivity index (χ0v) is 9.99. The Labute approximate surface area is 98.8 Å². The lowest BCUT2D eigenvalue weighted by Gasteiger charge is -2.20. The van der Waals surface area contributed by atoms with Crippen LogP contribution in [0.4, 0.5) is 10.4 Å². The summed E-state index contributed by atoms with van der Waals surface area (Å²) in [5.41, 5.74) is 0.508. The van der Waals surface area contributed by atoms with Gasteiger partial charge in [-0.25, -0.2) is 4.39 Å². The molecule has 4 nitrogen and oxygen atoms in total. The summed E-state index contributed by atoms with van der Waals surface area (Å²) in [6.07, 6.45) is 0. The lowest BCUT2D eigenvalue weighted by molar-refractivity contribution is 0.409. The molecule has 0 bridgehead atoms. The third-order valence-corrected chi connectivity index (χ3v) is 2.76. The Morgan fingerprint density at radius 1 is 1.24 bits per heavy atom. The van der Waals surface area contributed by atoms with Gasteiger partial charge in [0.15, 0.2) is 5.82 Å². The van der Waals surface area contributed by atoms with Crippen molar-refractivity contribution >= 4 is 6.01 Å². The largest absolute Gasteiger partial charge is 0.341 e. The second kappa shape index (κ2) is 4.16. The van der Waals surface area contributed by atoms with Gasteiger partial charge in [0.25, 0.3) is 0 Å². The molecule has 0 spiro atoms. The Morgan fingerprint density at radius 2 is 1.88 bits per heavy atom. The molecule has 0 aliphatic heterocycles. The van der Waals surface area contributed by atoms with Gasteiger partial charge in [-0.15, -0.1) is 0 Å². The summed E-state index contributed by atoms with van der Waals surface area (Å²) in [6, 6.07) is 6.68. The van der Waals surface area contributed by atoms with Crippen molar-refractivity contribution < 1.29 is 8.91 Å². The number of nitrogens with zero attached hydrogens (tertiary/aromatic N) is 2. The van der Waals surface area contributed by atoms with E-state index in [1.165, 1.54) is 12.1 Å². The van der Waals surface area contributed by atoms with Crippen LogP contribution in [0.15, 0.2) is 28.8 Å². The lowest BCUT2D eigenvalue weighted by atomic mass is 9.84. The molecule has 0 aliphatic rings. The maximum absolute atomic E-state index is 12.9. The van der Waals surface area contributed by atoms with Gasteiger partial charge in [0.05, 0.1) is 5.41 Å². The van der Waals surface area contributed by atoms with Crippen LogP contribution >= 0.6 is 0 Å². The molecule has 0 aliphatic carbocycles. The fourth-order valence-corrected chi connectivity index (χ4v) is 1.57. The molecular formula is C12H14FN3O. The van der Waals surface area contributed by atoms with E-state index in [1.807, 2.05) is 13.8 Å². The Morgan fingerprint density at radius 3 is 2.41 bits per heavy atom. The van der Waals surface area contributed by atoms with Crippen LogP contribution in [0.3, 0.4) is 0 Å². The van der Waals surface area contributed by atoms with E-state index >= 15 is 0 Å². The van der Waals surface area contributed by atoms with E-state index < -0.39 is 5.41 Å². The van der Waals surface area contributed by atoms with Crippen molar-refractivity contribution in [2.45, 2.75) is 19.3 Å². The van der Waals surface area contributed by atoms with Crippen LogP contribution in [0, 0.1) is 5.82 Å². The van der Waals surface area contributed by atoms with Gasteiger partial charge in [0.1, 0.15) is 5.82 Å². The van der Waals surface area contributed by atoms with E-state index in [4.69, 9.17) is 4.52 Å². The molecule has 1 heterocycles. The van der Waals surface area contributed by atoms with Crippen molar-refractivity contribution in [1.82, 2.24) is 10.1 Å². The molecule has 0 unspecified atom stereocenters. The van der Waals surface area contributed by atoms with Crippen molar-refractivity contribution in [3.8, 4) is 0 Å². The molecule has 1 aromatic carbocycles. The lowest BCUT2D eigenvalue weighted by Crippen LogP contribution is -2.20. The topological polar surface area (TPSA) is 51.0 Å². The van der Waals surface area contributed by atoms with Gasteiger partial charge >= 0.3 is 6.01 Å². The van der Waals surface area contributed by atoms with Gasteiger partial charge in [0.2, 0.25) is 0 Å². The SMILES string of the molecule is CNc1nc(C(C)(C)c2ccc(F)cc2)no1. The van der Waals surface area contributed by atoms with Crippen LogP contribution in [0.25, 0.3) is 0 Å². The molecule has 1 aromatic heterocycles. The number of hydrogen-bond acceptors (Lipinski definition) is 4. The summed E-state index contributed by atoms with van der Waals surface area (Å²) < 4.78 is 17.9. The molecule has 2 aromatic rings. The summed E-state index contributed by atoms with van der Waals surface area (Å²) in [4.78, 5) is 4.22. The minimum atomic E-state index is -0.424. The maximum Gasteiger partial charge on any atom is 0.321 e. The fourth-order valence-electron chi connectivity index (χ4n) is 1.57. The Kier molecular flexibility index (Phi) is 2.83. The molecule has 17 heavy (non-hydrogen) atoms. The average molecular weight is 235 g/mol. The van der Waals surface area contributed by atoms with Crippen molar-refractivity contribution in [3.05, 3.63) is 41.5 Å². The zero-order chi connectivity index (χ0) is 12.5. The summed E-state index contributed by atoms with van der Waals surface area (Å²) in [5, 5.41) is 6.69. The first-order valence-corrected chi connectivity index (χ1v) is 5.32. The molecule has 0 fully saturated rings. The minimum Gasteiger partial charge on any atom is -0.341 e. The van der Waals surface area contributed by atoms with E-state index in [2.05, 4.69) is 15.5 Å². The first-order chi connectivity index (χ1) is 8.04. The van der Waals surface area contributed by atoms with E-state index in [9.17, 15) is 4.39 Å². The molecule has 0 amide bonds. The van der Waals surface area contributed by atoms with Crippen molar-refractivity contribution in [2.24, 2.45) is 0 Å². The van der Waals surface area contributed by atoms with Crippen LogP contribution < -0.4 is 5.32 Å². The number of halogens is 1. The van der Waals surface area contributed by atoms with Crippen LogP contribution in [0.2, 0.25) is 0 Å². The van der Waals surface area contributed by atoms with Crippen molar-refractivity contribution in [2.75, 3.05) is 12.4 Å². The molecule has 5 heteroatoms. The Balaban J connectivity index is 2.37. The van der Waals surface area contributed by atoms with Gasteiger partial charge in [-0.3, -0.25) is 0 Å². The van der Waals surface area contributed by atoms with Gasteiger partial charge in [0, 0.05) is 7.05 Å². The first kappa shape index (κ1) is 11.6. The summed E-state index contributed by atoms with van der Waals surface area (Å²) in [6.45, 7) is 3.93. The molecule has 0 atom stereocenters. The van der Waals surface area contributed by atoms with Crippen LogP contribution in [0.5, 0.6) is 0 Å². The highest BCUT2D eigenvalue weighted by Gasteiger charge is 2.28. The number of hydrogen-bond donors (Lipinski definition) is 1. The number of benzene rings is 1. The highest BCUT2D eigenvalue weighted by Crippen LogP contribution is 2.29. The number of aromatic nitrogens is 2. The van der Waals surface area contributed by atoms with Crippen LogP contribution in [-0.2, 0) is 5.41 Å². The fraction of sp³-hybridized carbons (Fsp3) is 0.333. The molecule has 0 saturated carbocycles. The van der Waals surface area contributed by atoms with Gasteiger partial charge in [-0.1, -0.05) is 17.3 Å². The van der Waals surface area contributed by atoms with E-state index in [0.29, 0.717) is 11.8 Å². The third kappa shape index (κ3) is 2.13. The standard InChI is InChI=1S/C12H14FN3O/c1-12(2,8-4-6-9(13)7-5-8)10-15-11(14-3)17-16-10/h4-7H,1-3H3,(H,14,15,16). The highest BCUT2D eigenvalue weighted by molar-refractivity contribution is 5.32. The summed E-state index contributed by atoms with van der Waals surface area (Å²) in [7, 11) is 1.71. The van der Waals surface area contributed by atoms with Crippen molar-refractivity contribution in [3.63, 3.8) is 0 Å². The quantitative estimate of drug-likeness (QED) is 0.888. The minimum absolute atomic E-state index is 0.256. The molecule has 0 radical (unpaired) electrons. The zero-order valence-electron chi connectivity index (χ0n) is 9.99. The van der Waals surface area contributed by atoms with Gasteiger partial charge in [-0.05, 0) is 31.5 Å². The monoisotopic (exact) mass is 235 g/mol. The number of nitrogens with one attached hydrogen (secondary N) is 1. The Bertz CT molecular complexity index is 505. The second-order valence-corrected chi connectivity index (χ2v) is 4.31. The number of anilines is 1. The predicted octanol–water partition coefficient (Wildman–Crippen LogP) is 2.58. The van der Waals surface area contributed by atoms with E-state index in [0.717, 1.165) is 5.56 Å². The highest BCUT2D eigenvalue weighted by atomic mass is 19.1. The van der Waals surface area contributed by atoms with Gasteiger partial charge < -0.3 is 9.84 Å². The number of rotatable bonds is 3. The van der Waals surface area contributed by atoms with E-state index in [-0.39, 0.29) is 5.82 Å². The molecule has 1 N–H and O–H groups in total. The predicted molar refractivity (Wildman–Crippen MR) is 62.4 cm³/mol. The molecule has 90 valence electrons. The molecule has 0 saturated heterocycles. The normalized spacial score (nSPS) is 11.5. The second-order valence-electron chi connectivity index (χ2n) is 4.31. The molecular weight excluding hydrogens is 221 g/mol. The molecule has 2 rings (SSSR count). The summed E-state index contributed by atoms with van der Waals surface area (Å²) >= 11 is 0. The smallest absolute Gasteiger partial charge is 0.321 e. The third-order valence-electron chi connectivity index (χ3n) is 2.76. The van der Waals surface area contributed by atoms with Crippen molar-refractivity contribution in [1.29, 1.82) is 0 Å². The average Bonchev–Trinajstić information content (AvgIpc) is 2.78. The van der Waals surface area contributed by atoms with Crippen LogP contribution in [0.1, 0.15) is 25.2 Å². The summed E-state index contributed by atoms with van der Waals surface area (Å²) in [5.74, 6) is 0.307.